The van der Waals surface area contributed by atoms with Crippen LogP contribution in [0, 0.1) is 0 Å². The van der Waals surface area contributed by atoms with E-state index in [0.29, 0.717) is 0 Å². The van der Waals surface area contributed by atoms with Gasteiger partial charge in [0.2, 0.25) is 0 Å². The molecule has 0 saturated carbocycles. The van der Waals surface area contributed by atoms with Gasteiger partial charge < -0.3 is 9.84 Å². The molecule has 1 aliphatic heterocycles. The molecule has 2 unspecified atom stereocenters. The summed E-state index contributed by atoms with van der Waals surface area (Å²) < 4.78 is 4.68. The van der Waals surface area contributed by atoms with Gasteiger partial charge in [-0.3, -0.25) is 0 Å². The topological polar surface area (TPSA) is 32.8 Å². The molecule has 1 rings (SSSR count). The van der Waals surface area contributed by atoms with Crippen molar-refractivity contribution in [2.75, 3.05) is 6.61 Å². The zero-order chi connectivity index (χ0) is 4.57. The maximum Gasteiger partial charge on any atom is 0.129 e. The Bertz CT molecular complexity index is 54.8. The van der Waals surface area contributed by atoms with Crippen molar-refractivity contribution in [3.8, 4) is 0 Å². The Hall–Kier alpha value is 0.270. The third kappa shape index (κ3) is 0.668. The fourth-order valence-electron chi connectivity index (χ4n) is 0.267. The van der Waals surface area contributed by atoms with Crippen molar-refractivity contribution in [1.82, 2.24) is 0 Å². The number of ether oxygens (including phenoxy) is 1. The Kier molecular flexibility index (Phi) is 1.04. The number of hydrogen-bond donors (Lipinski definition) is 2. The molecule has 36 valence electrons. The Morgan fingerprint density at radius 2 is 2.33 bits per heavy atom. The number of thiol groups is 1. The van der Waals surface area contributed by atoms with Crippen LogP contribution in [0.25, 0.3) is 0 Å². The van der Waals surface area contributed by atoms with E-state index in [1.165, 1.54) is 0 Å². The zero-order valence-electron chi connectivity index (χ0n) is 3.16. The van der Waals surface area contributed by atoms with Crippen LogP contribution in [0.4, 0.5) is 0 Å². The molecule has 3 heteroatoms. The molecular weight excluding hydrogens is 100 g/mol. The van der Waals surface area contributed by atoms with Crippen LogP contribution in [0.2, 0.25) is 0 Å². The molecule has 0 amide bonds. The van der Waals surface area contributed by atoms with Gasteiger partial charge in [-0.2, -0.15) is 0 Å². The van der Waals surface area contributed by atoms with E-state index in [4.69, 9.17) is 5.11 Å². The standard InChI is InChI=1S/C3H6O2S/c4-1-2-3(6)5-2/h2-4,6H,1H2. The fraction of sp³-hybridized carbons (Fsp3) is 1.00. The molecule has 1 heterocycles. The van der Waals surface area contributed by atoms with E-state index in [2.05, 4.69) is 17.4 Å². The third-order valence-electron chi connectivity index (χ3n) is 0.736. The van der Waals surface area contributed by atoms with Gasteiger partial charge in [-0.15, -0.1) is 12.6 Å². The summed E-state index contributed by atoms with van der Waals surface area (Å²) in [6.45, 7) is 0.105. The number of hydrogen-bond acceptors (Lipinski definition) is 3. The minimum absolute atomic E-state index is 0.00926. The molecule has 1 aliphatic rings. The second-order valence-corrected chi connectivity index (χ2v) is 1.76. The number of epoxide rings is 1. The van der Waals surface area contributed by atoms with Crippen molar-refractivity contribution in [2.24, 2.45) is 0 Å². The van der Waals surface area contributed by atoms with Gasteiger partial charge in [0.15, 0.2) is 0 Å². The summed E-state index contributed by atoms with van der Waals surface area (Å²) >= 11 is 3.87. The Morgan fingerprint density at radius 1 is 1.83 bits per heavy atom. The van der Waals surface area contributed by atoms with E-state index >= 15 is 0 Å². The molecule has 2 nitrogen and oxygen atoms in total. The normalized spacial score (nSPS) is 43.0. The lowest BCUT2D eigenvalue weighted by atomic mass is 10.5. The molecule has 6 heavy (non-hydrogen) atoms. The molecule has 1 N–H and O–H groups in total. The van der Waals surface area contributed by atoms with Crippen LogP contribution in [0.5, 0.6) is 0 Å². The zero-order valence-corrected chi connectivity index (χ0v) is 4.06. The smallest absolute Gasteiger partial charge is 0.129 e. The molecule has 0 spiro atoms. The van der Waals surface area contributed by atoms with Crippen LogP contribution >= 0.6 is 12.6 Å². The van der Waals surface area contributed by atoms with Gasteiger partial charge in [0, 0.05) is 0 Å². The molecule has 2 atom stereocenters. The van der Waals surface area contributed by atoms with Crippen molar-refractivity contribution in [2.45, 2.75) is 11.5 Å². The summed E-state index contributed by atoms with van der Waals surface area (Å²) in [5.41, 5.74) is 0.00926. The minimum Gasteiger partial charge on any atom is -0.394 e. The largest absolute Gasteiger partial charge is 0.394 e. The van der Waals surface area contributed by atoms with Crippen LogP contribution in [-0.4, -0.2) is 23.3 Å². The highest BCUT2D eigenvalue weighted by atomic mass is 32.1. The molecule has 0 bridgehead atoms. The highest BCUT2D eigenvalue weighted by Gasteiger charge is 2.34. The second kappa shape index (κ2) is 1.40. The van der Waals surface area contributed by atoms with E-state index in [1.54, 1.807) is 0 Å². The lowest BCUT2D eigenvalue weighted by molar-refractivity contribution is 0.243. The van der Waals surface area contributed by atoms with Gasteiger partial charge in [-0.05, 0) is 0 Å². The van der Waals surface area contributed by atoms with Crippen LogP contribution in [0.15, 0.2) is 0 Å². The highest BCUT2D eigenvalue weighted by Crippen LogP contribution is 2.23. The van der Waals surface area contributed by atoms with Crippen molar-refractivity contribution in [3.05, 3.63) is 0 Å². The predicted molar refractivity (Wildman–Crippen MR) is 24.7 cm³/mol. The summed E-state index contributed by atoms with van der Waals surface area (Å²) in [5.74, 6) is 0. The molecule has 0 aliphatic carbocycles. The molecule has 1 fully saturated rings. The van der Waals surface area contributed by atoms with Crippen molar-refractivity contribution in [3.63, 3.8) is 0 Å². The quantitative estimate of drug-likeness (QED) is 0.353. The maximum atomic E-state index is 8.20. The first kappa shape index (κ1) is 4.43. The number of aliphatic hydroxyl groups excluding tert-OH is 1. The van der Waals surface area contributed by atoms with E-state index in [1.807, 2.05) is 0 Å². The van der Waals surface area contributed by atoms with E-state index in [9.17, 15) is 0 Å². The van der Waals surface area contributed by atoms with Gasteiger partial charge >= 0.3 is 0 Å². The third-order valence-corrected chi connectivity index (χ3v) is 1.19. The van der Waals surface area contributed by atoms with Gasteiger partial charge in [0.05, 0.1) is 6.61 Å². The summed E-state index contributed by atoms with van der Waals surface area (Å²) in [5, 5.41) is 8.20. The minimum atomic E-state index is 0.00926. The molecule has 0 aromatic rings. The van der Waals surface area contributed by atoms with Crippen molar-refractivity contribution < 1.29 is 9.84 Å². The highest BCUT2D eigenvalue weighted by molar-refractivity contribution is 7.81. The van der Waals surface area contributed by atoms with Crippen molar-refractivity contribution in [1.29, 1.82) is 0 Å². The average molecular weight is 106 g/mol. The Balaban J connectivity index is 2.09. The molecule has 0 aromatic carbocycles. The summed E-state index contributed by atoms with van der Waals surface area (Å²) in [6, 6.07) is 0. The van der Waals surface area contributed by atoms with Gasteiger partial charge in [-0.1, -0.05) is 0 Å². The van der Waals surface area contributed by atoms with Crippen LogP contribution in [-0.2, 0) is 4.74 Å². The Labute approximate surface area is 41.5 Å². The lowest BCUT2D eigenvalue weighted by Crippen LogP contribution is -1.92. The lowest BCUT2D eigenvalue weighted by Gasteiger charge is -1.72. The number of rotatable bonds is 1. The molecular formula is C3H6O2S. The van der Waals surface area contributed by atoms with Crippen molar-refractivity contribution >= 4 is 12.6 Å². The SMILES string of the molecule is OCC1OC1S. The molecule has 1 saturated heterocycles. The number of aliphatic hydroxyl groups is 1. The van der Waals surface area contributed by atoms with Gasteiger partial charge in [0.1, 0.15) is 11.5 Å². The van der Waals surface area contributed by atoms with Gasteiger partial charge in [0.25, 0.3) is 0 Å². The monoisotopic (exact) mass is 106 g/mol. The first-order valence-corrected chi connectivity index (χ1v) is 2.30. The van der Waals surface area contributed by atoms with Gasteiger partial charge in [-0.25, -0.2) is 0 Å². The average Bonchev–Trinajstić information content (AvgIpc) is 2.19. The van der Waals surface area contributed by atoms with E-state index < -0.39 is 0 Å². The first-order valence-electron chi connectivity index (χ1n) is 1.79. The summed E-state index contributed by atoms with van der Waals surface area (Å²) in [7, 11) is 0. The predicted octanol–water partition coefficient (Wildman–Crippen LogP) is -0.367. The van der Waals surface area contributed by atoms with Crippen LogP contribution in [0.3, 0.4) is 0 Å². The fourth-order valence-corrected chi connectivity index (χ4v) is 0.518. The summed E-state index contributed by atoms with van der Waals surface area (Å²) in [4.78, 5) is 0. The first-order chi connectivity index (χ1) is 2.84. The second-order valence-electron chi connectivity index (χ2n) is 1.25. The Morgan fingerprint density at radius 3 is 2.33 bits per heavy atom. The molecule has 0 aromatic heterocycles. The summed E-state index contributed by atoms with van der Waals surface area (Å²) in [6.07, 6.45) is 0.0216. The maximum absolute atomic E-state index is 8.20. The van der Waals surface area contributed by atoms with Crippen LogP contribution < -0.4 is 0 Å². The van der Waals surface area contributed by atoms with E-state index in [0.717, 1.165) is 0 Å². The van der Waals surface area contributed by atoms with Crippen LogP contribution in [0.1, 0.15) is 0 Å². The van der Waals surface area contributed by atoms with E-state index in [-0.39, 0.29) is 18.1 Å². The molecule has 0 radical (unpaired) electrons.